The highest BCUT2D eigenvalue weighted by atomic mass is 32.2. The molecule has 0 spiro atoms. The first kappa shape index (κ1) is 24.9. The summed E-state index contributed by atoms with van der Waals surface area (Å²) in [6.45, 7) is 2.70. The fourth-order valence-electron chi connectivity index (χ4n) is 4.56. The molecule has 0 amide bonds. The lowest BCUT2D eigenvalue weighted by Gasteiger charge is -2.31. The molecule has 0 radical (unpaired) electrons. The van der Waals surface area contributed by atoms with Gasteiger partial charge in [-0.3, -0.25) is 9.71 Å². The number of aromatic nitrogens is 4. The molecule has 37 heavy (non-hydrogen) atoms. The first-order valence-electron chi connectivity index (χ1n) is 12.1. The predicted octanol–water partition coefficient (Wildman–Crippen LogP) is 2.30. The number of sulfonamides is 1. The van der Waals surface area contributed by atoms with E-state index >= 15 is 0 Å². The highest BCUT2D eigenvalue weighted by molar-refractivity contribution is 7.92. The van der Waals surface area contributed by atoms with Crippen molar-refractivity contribution >= 4 is 38.2 Å². The number of anilines is 3. The average Bonchev–Trinajstić information content (AvgIpc) is 2.90. The monoisotopic (exact) mass is 524 g/mol. The van der Waals surface area contributed by atoms with Gasteiger partial charge < -0.3 is 19.7 Å². The van der Waals surface area contributed by atoms with Crippen molar-refractivity contribution in [3.63, 3.8) is 0 Å². The second-order valence-electron chi connectivity index (χ2n) is 9.20. The van der Waals surface area contributed by atoms with Crippen LogP contribution in [0.3, 0.4) is 0 Å². The molecule has 2 aliphatic rings. The minimum atomic E-state index is -3.45. The van der Waals surface area contributed by atoms with Gasteiger partial charge in [-0.1, -0.05) is 0 Å². The predicted molar refractivity (Wildman–Crippen MR) is 138 cm³/mol. The highest BCUT2D eigenvalue weighted by Crippen LogP contribution is 2.33. The van der Waals surface area contributed by atoms with Gasteiger partial charge in [-0.2, -0.15) is 10.2 Å². The standard InChI is InChI=1S/C24H28N8O4S/c1-37(33,34)31-18-12-20-21(26-15-18)13-23(32-8-10-35-11-9-32)28-24(20)36-19-5-2-16(3-6-19)27-22-7-4-17(14-25)29-30-22/h4,7,12-13,15-16,19,31H,2-3,5-6,8-11H2,1H3,(H,27,30). The molecule has 3 aromatic rings. The normalized spacial score (nSPS) is 20.3. The van der Waals surface area contributed by atoms with Crippen molar-refractivity contribution in [2.24, 2.45) is 0 Å². The summed E-state index contributed by atoms with van der Waals surface area (Å²) in [6, 6.07) is 9.20. The number of hydrogen-bond acceptors (Lipinski definition) is 11. The number of ether oxygens (including phenoxy) is 2. The molecule has 0 aromatic carbocycles. The van der Waals surface area contributed by atoms with Crippen LogP contribution >= 0.6 is 0 Å². The van der Waals surface area contributed by atoms with Gasteiger partial charge in [-0.25, -0.2) is 8.42 Å². The van der Waals surface area contributed by atoms with E-state index in [0.717, 1.165) is 50.8 Å². The van der Waals surface area contributed by atoms with Crippen LogP contribution in [0.5, 0.6) is 5.88 Å². The zero-order valence-corrected chi connectivity index (χ0v) is 21.2. The van der Waals surface area contributed by atoms with Crippen molar-refractivity contribution in [3.05, 3.63) is 36.2 Å². The van der Waals surface area contributed by atoms with Crippen LogP contribution in [0, 0.1) is 11.3 Å². The molecule has 1 aliphatic carbocycles. The van der Waals surface area contributed by atoms with Gasteiger partial charge in [0.2, 0.25) is 15.9 Å². The van der Waals surface area contributed by atoms with Crippen LogP contribution < -0.4 is 19.7 Å². The van der Waals surface area contributed by atoms with Gasteiger partial charge in [0.15, 0.2) is 5.69 Å². The zero-order valence-electron chi connectivity index (χ0n) is 20.4. The van der Waals surface area contributed by atoms with Gasteiger partial charge in [-0.15, -0.1) is 10.2 Å². The fraction of sp³-hybridized carbons (Fsp3) is 0.458. The molecule has 2 N–H and O–H groups in total. The Labute approximate surface area is 215 Å². The SMILES string of the molecule is CS(=O)(=O)Nc1cnc2cc(N3CCOCC3)nc(OC3CCC(Nc4ccc(C#N)nn4)CC3)c2c1. The third-order valence-electron chi connectivity index (χ3n) is 6.35. The molecule has 2 fully saturated rings. The van der Waals surface area contributed by atoms with Crippen LogP contribution in [0.4, 0.5) is 17.3 Å². The summed E-state index contributed by atoms with van der Waals surface area (Å²) >= 11 is 0. The molecule has 194 valence electrons. The Balaban J connectivity index is 1.33. The molecule has 0 bridgehead atoms. The second kappa shape index (κ2) is 10.7. The Morgan fingerprint density at radius 1 is 1.14 bits per heavy atom. The maximum atomic E-state index is 11.8. The van der Waals surface area contributed by atoms with Crippen LogP contribution in [-0.2, 0) is 14.8 Å². The molecule has 1 saturated heterocycles. The van der Waals surface area contributed by atoms with Crippen molar-refractivity contribution in [2.75, 3.05) is 47.5 Å². The molecule has 5 rings (SSSR count). The maximum absolute atomic E-state index is 11.8. The van der Waals surface area contributed by atoms with Gasteiger partial charge in [0, 0.05) is 25.2 Å². The van der Waals surface area contributed by atoms with Gasteiger partial charge in [0.05, 0.1) is 42.3 Å². The molecule has 13 heteroatoms. The third-order valence-corrected chi connectivity index (χ3v) is 6.96. The molecular formula is C24H28N8O4S. The summed E-state index contributed by atoms with van der Waals surface area (Å²) in [7, 11) is -3.45. The van der Waals surface area contributed by atoms with E-state index < -0.39 is 10.0 Å². The van der Waals surface area contributed by atoms with Crippen molar-refractivity contribution in [1.82, 2.24) is 20.2 Å². The van der Waals surface area contributed by atoms with Gasteiger partial charge in [0.25, 0.3) is 0 Å². The van der Waals surface area contributed by atoms with Gasteiger partial charge in [-0.05, 0) is 43.9 Å². The van der Waals surface area contributed by atoms with Gasteiger partial charge >= 0.3 is 0 Å². The lowest BCUT2D eigenvalue weighted by Crippen LogP contribution is -2.37. The molecule has 1 aliphatic heterocycles. The molecule has 4 heterocycles. The fourth-order valence-corrected chi connectivity index (χ4v) is 5.10. The lowest BCUT2D eigenvalue weighted by molar-refractivity contribution is 0.122. The number of morpholine rings is 1. The molecule has 3 aromatic heterocycles. The summed E-state index contributed by atoms with van der Waals surface area (Å²) in [5.74, 6) is 1.85. The first-order valence-corrected chi connectivity index (χ1v) is 14.0. The number of hydrogen-bond donors (Lipinski definition) is 2. The summed E-state index contributed by atoms with van der Waals surface area (Å²) in [4.78, 5) is 11.5. The first-order chi connectivity index (χ1) is 17.9. The number of nitrogens with zero attached hydrogens (tertiary/aromatic N) is 6. The number of nitriles is 1. The average molecular weight is 525 g/mol. The topological polar surface area (TPSA) is 155 Å². The molecular weight excluding hydrogens is 496 g/mol. The van der Waals surface area contributed by atoms with Crippen LogP contribution in [0.25, 0.3) is 10.9 Å². The van der Waals surface area contributed by atoms with Crippen molar-refractivity contribution < 1.29 is 17.9 Å². The quantitative estimate of drug-likeness (QED) is 0.467. The van der Waals surface area contributed by atoms with Crippen molar-refractivity contribution in [3.8, 4) is 11.9 Å². The van der Waals surface area contributed by atoms with Crippen LogP contribution in [0.15, 0.2) is 30.5 Å². The summed E-state index contributed by atoms with van der Waals surface area (Å²) in [5.41, 5.74) is 1.32. The van der Waals surface area contributed by atoms with E-state index in [-0.39, 0.29) is 17.8 Å². The maximum Gasteiger partial charge on any atom is 0.229 e. The highest BCUT2D eigenvalue weighted by Gasteiger charge is 2.25. The van der Waals surface area contributed by atoms with E-state index in [2.05, 4.69) is 30.1 Å². The summed E-state index contributed by atoms with van der Waals surface area (Å²) < 4.78 is 37.9. The van der Waals surface area contributed by atoms with Gasteiger partial charge in [0.1, 0.15) is 23.8 Å². The lowest BCUT2D eigenvalue weighted by atomic mass is 9.93. The number of fused-ring (bicyclic) bond motifs is 1. The van der Waals surface area contributed by atoms with E-state index in [1.165, 1.54) is 6.20 Å². The zero-order chi connectivity index (χ0) is 25.8. The Morgan fingerprint density at radius 2 is 1.92 bits per heavy atom. The number of pyridine rings is 2. The van der Waals surface area contributed by atoms with Crippen LogP contribution in [0.1, 0.15) is 31.4 Å². The van der Waals surface area contributed by atoms with Crippen LogP contribution in [0.2, 0.25) is 0 Å². The smallest absolute Gasteiger partial charge is 0.229 e. The molecule has 0 unspecified atom stereocenters. The van der Waals surface area contributed by atoms with E-state index in [0.29, 0.717) is 41.5 Å². The molecule has 0 atom stereocenters. The van der Waals surface area contributed by atoms with E-state index in [4.69, 9.17) is 19.7 Å². The minimum absolute atomic E-state index is 0.0488. The van der Waals surface area contributed by atoms with Crippen molar-refractivity contribution in [1.29, 1.82) is 5.26 Å². The Bertz CT molecular complexity index is 1400. The van der Waals surface area contributed by atoms with E-state index in [1.807, 2.05) is 12.1 Å². The minimum Gasteiger partial charge on any atom is -0.474 e. The third kappa shape index (κ3) is 6.33. The largest absolute Gasteiger partial charge is 0.474 e. The summed E-state index contributed by atoms with van der Waals surface area (Å²) in [6.07, 6.45) is 5.90. The second-order valence-corrected chi connectivity index (χ2v) is 10.9. The van der Waals surface area contributed by atoms with Crippen molar-refractivity contribution in [2.45, 2.75) is 37.8 Å². The number of rotatable bonds is 7. The molecule has 1 saturated carbocycles. The Morgan fingerprint density at radius 3 is 2.59 bits per heavy atom. The van der Waals surface area contributed by atoms with E-state index in [9.17, 15) is 8.42 Å². The van der Waals surface area contributed by atoms with E-state index in [1.54, 1.807) is 18.2 Å². The Kier molecular flexibility index (Phi) is 7.20. The van der Waals surface area contributed by atoms with Crippen LogP contribution in [-0.4, -0.2) is 73.3 Å². The number of nitrogens with one attached hydrogen (secondary N) is 2. The summed E-state index contributed by atoms with van der Waals surface area (Å²) in [5, 5.41) is 20.8. The molecule has 12 nitrogen and oxygen atoms in total. The Hall–Kier alpha value is -3.76.